The maximum Gasteiger partial charge on any atom is 0.263 e. The summed E-state index contributed by atoms with van der Waals surface area (Å²) in [6.07, 6.45) is 3.13. The fourth-order valence-electron chi connectivity index (χ4n) is 1.63. The van der Waals surface area contributed by atoms with Crippen LogP contribution in [0.4, 0.5) is 5.69 Å². The van der Waals surface area contributed by atoms with Crippen LogP contribution in [-0.4, -0.2) is 18.2 Å². The largest absolute Gasteiger partial charge is 0.276 e. The van der Waals surface area contributed by atoms with E-state index in [1.165, 1.54) is 6.20 Å². The number of anilines is 1. The Morgan fingerprint density at radius 2 is 2.00 bits per heavy atom. The van der Waals surface area contributed by atoms with Crippen LogP contribution in [-0.2, 0) is 16.6 Å². The Morgan fingerprint density at radius 1 is 1.30 bits per heavy atom. The van der Waals surface area contributed by atoms with Gasteiger partial charge in [-0.1, -0.05) is 15.9 Å². The molecule has 0 unspecified atom stereocenters. The average Bonchev–Trinajstić information content (AvgIpc) is 2.80. The highest BCUT2D eigenvalue weighted by Gasteiger charge is 2.19. The monoisotopic (exact) mass is 421 g/mol. The van der Waals surface area contributed by atoms with Crippen molar-refractivity contribution in [2.75, 3.05) is 4.72 Å². The second-order valence-corrected chi connectivity index (χ2v) is 7.58. The van der Waals surface area contributed by atoms with E-state index in [0.29, 0.717) is 16.7 Å². The van der Waals surface area contributed by atoms with Gasteiger partial charge >= 0.3 is 0 Å². The minimum Gasteiger partial charge on any atom is -0.276 e. The second kappa shape index (κ2) is 5.87. The molecule has 0 aliphatic heterocycles. The first-order valence-corrected chi connectivity index (χ1v) is 8.91. The molecule has 0 saturated heterocycles. The second-order valence-electron chi connectivity index (χ2n) is 4.22. The molecule has 0 aliphatic carbocycles. The Morgan fingerprint density at radius 3 is 2.60 bits per heavy atom. The van der Waals surface area contributed by atoms with E-state index in [2.05, 4.69) is 41.7 Å². The summed E-state index contributed by atoms with van der Waals surface area (Å²) >= 11 is 6.63. The maximum atomic E-state index is 12.4. The summed E-state index contributed by atoms with van der Waals surface area (Å²) in [4.78, 5) is 0.180. The normalized spacial score (nSPS) is 11.6. The van der Waals surface area contributed by atoms with E-state index in [1.807, 2.05) is 13.8 Å². The molecule has 1 aromatic heterocycles. The van der Waals surface area contributed by atoms with Gasteiger partial charge in [-0.05, 0) is 47.5 Å². The highest BCUT2D eigenvalue weighted by atomic mass is 79.9. The number of halogens is 2. The van der Waals surface area contributed by atoms with Crippen molar-refractivity contribution >= 4 is 47.6 Å². The van der Waals surface area contributed by atoms with Crippen LogP contribution in [0.25, 0.3) is 0 Å². The molecule has 2 aromatic rings. The van der Waals surface area contributed by atoms with Crippen molar-refractivity contribution in [1.82, 2.24) is 9.78 Å². The molecule has 0 amide bonds. The van der Waals surface area contributed by atoms with Crippen LogP contribution in [0.2, 0.25) is 0 Å². The first-order chi connectivity index (χ1) is 9.33. The number of aromatic nitrogens is 2. The first-order valence-electron chi connectivity index (χ1n) is 5.84. The minimum absolute atomic E-state index is 0.180. The zero-order valence-electron chi connectivity index (χ0n) is 10.9. The van der Waals surface area contributed by atoms with Gasteiger partial charge in [-0.15, -0.1) is 0 Å². The van der Waals surface area contributed by atoms with E-state index in [0.717, 1.165) is 10.0 Å². The zero-order chi connectivity index (χ0) is 14.9. The van der Waals surface area contributed by atoms with Gasteiger partial charge in [0.1, 0.15) is 4.90 Å². The van der Waals surface area contributed by atoms with Crippen LogP contribution in [0, 0.1) is 6.92 Å². The number of rotatable bonds is 4. The third-order valence-electron chi connectivity index (χ3n) is 2.71. The SMILES string of the molecule is CCn1cc(NS(=O)(=O)c2cc(Br)c(C)cc2Br)cn1. The molecule has 0 saturated carbocycles. The lowest BCUT2D eigenvalue weighted by Crippen LogP contribution is -2.13. The fraction of sp³-hybridized carbons (Fsp3) is 0.250. The Hall–Kier alpha value is -0.860. The van der Waals surface area contributed by atoms with E-state index >= 15 is 0 Å². The molecule has 0 bridgehead atoms. The van der Waals surface area contributed by atoms with Gasteiger partial charge in [-0.25, -0.2) is 8.42 Å². The molecule has 1 heterocycles. The first kappa shape index (κ1) is 15.5. The van der Waals surface area contributed by atoms with Gasteiger partial charge in [0, 0.05) is 21.7 Å². The summed E-state index contributed by atoms with van der Waals surface area (Å²) < 4.78 is 30.2. The predicted molar refractivity (Wildman–Crippen MR) is 85.3 cm³/mol. The Labute approximate surface area is 134 Å². The summed E-state index contributed by atoms with van der Waals surface area (Å²) in [5.41, 5.74) is 1.39. The Balaban J connectivity index is 2.37. The average molecular weight is 423 g/mol. The standard InChI is InChI=1S/C12H13Br2N3O2S/c1-3-17-7-9(6-15-17)16-20(18,19)12-5-10(13)8(2)4-11(12)14/h4-7,16H,3H2,1-2H3. The Kier molecular flexibility index (Phi) is 4.55. The van der Waals surface area contributed by atoms with Crippen molar-refractivity contribution in [1.29, 1.82) is 0 Å². The van der Waals surface area contributed by atoms with Crippen molar-refractivity contribution in [3.8, 4) is 0 Å². The minimum atomic E-state index is -3.66. The van der Waals surface area contributed by atoms with Crippen molar-refractivity contribution in [2.24, 2.45) is 0 Å². The number of sulfonamides is 1. The summed E-state index contributed by atoms with van der Waals surface area (Å²) in [6.45, 7) is 4.50. The highest BCUT2D eigenvalue weighted by Crippen LogP contribution is 2.29. The molecule has 0 radical (unpaired) electrons. The molecule has 1 aromatic carbocycles. The van der Waals surface area contributed by atoms with Gasteiger partial charge in [0.15, 0.2) is 0 Å². The van der Waals surface area contributed by atoms with Gasteiger partial charge in [-0.2, -0.15) is 5.10 Å². The molecule has 2 rings (SSSR count). The Bertz CT molecular complexity index is 741. The number of hydrogen-bond donors (Lipinski definition) is 1. The van der Waals surface area contributed by atoms with Gasteiger partial charge in [-0.3, -0.25) is 9.40 Å². The van der Waals surface area contributed by atoms with Crippen molar-refractivity contribution in [3.05, 3.63) is 39.0 Å². The number of nitrogens with one attached hydrogen (secondary N) is 1. The molecule has 5 nitrogen and oxygen atoms in total. The third-order valence-corrected chi connectivity index (χ3v) is 5.91. The molecule has 8 heteroatoms. The lowest BCUT2D eigenvalue weighted by atomic mass is 10.2. The molecule has 0 spiro atoms. The lowest BCUT2D eigenvalue weighted by Gasteiger charge is -2.10. The number of nitrogens with zero attached hydrogens (tertiary/aromatic N) is 2. The van der Waals surface area contributed by atoms with Gasteiger partial charge in [0.2, 0.25) is 0 Å². The van der Waals surface area contributed by atoms with E-state index in [4.69, 9.17) is 0 Å². The molecule has 1 N–H and O–H groups in total. The van der Waals surface area contributed by atoms with Crippen LogP contribution in [0.1, 0.15) is 12.5 Å². The molecule has 0 atom stereocenters. The zero-order valence-corrected chi connectivity index (χ0v) is 14.9. The molecule has 108 valence electrons. The number of aryl methyl sites for hydroxylation is 2. The van der Waals surface area contributed by atoms with E-state index in [1.54, 1.807) is 23.0 Å². The van der Waals surface area contributed by atoms with Crippen molar-refractivity contribution < 1.29 is 8.42 Å². The number of hydrogen-bond acceptors (Lipinski definition) is 3. The van der Waals surface area contributed by atoms with Crippen molar-refractivity contribution in [3.63, 3.8) is 0 Å². The molecular formula is C12H13Br2N3O2S. The van der Waals surface area contributed by atoms with Crippen LogP contribution >= 0.6 is 31.9 Å². The van der Waals surface area contributed by atoms with Crippen LogP contribution < -0.4 is 4.72 Å². The number of benzene rings is 1. The molecular weight excluding hydrogens is 410 g/mol. The molecule has 0 aliphatic rings. The highest BCUT2D eigenvalue weighted by molar-refractivity contribution is 9.11. The predicted octanol–water partition coefficient (Wildman–Crippen LogP) is 3.54. The summed E-state index contributed by atoms with van der Waals surface area (Å²) in [5.74, 6) is 0. The van der Waals surface area contributed by atoms with Gasteiger partial charge in [0.05, 0.1) is 11.9 Å². The topological polar surface area (TPSA) is 64.0 Å². The lowest BCUT2D eigenvalue weighted by molar-refractivity contribution is 0.600. The van der Waals surface area contributed by atoms with Crippen molar-refractivity contribution in [2.45, 2.75) is 25.3 Å². The van der Waals surface area contributed by atoms with E-state index < -0.39 is 10.0 Å². The maximum absolute atomic E-state index is 12.4. The fourth-order valence-corrected chi connectivity index (χ4v) is 4.34. The van der Waals surface area contributed by atoms with Crippen LogP contribution in [0.15, 0.2) is 38.4 Å². The van der Waals surface area contributed by atoms with E-state index in [9.17, 15) is 8.42 Å². The molecule has 20 heavy (non-hydrogen) atoms. The molecule has 0 fully saturated rings. The van der Waals surface area contributed by atoms with Gasteiger partial charge < -0.3 is 0 Å². The van der Waals surface area contributed by atoms with E-state index in [-0.39, 0.29) is 4.90 Å². The quantitative estimate of drug-likeness (QED) is 0.819. The summed E-state index contributed by atoms with van der Waals surface area (Å²) in [6, 6.07) is 3.33. The summed E-state index contributed by atoms with van der Waals surface area (Å²) in [7, 11) is -3.66. The summed E-state index contributed by atoms with van der Waals surface area (Å²) in [5, 5.41) is 4.04. The van der Waals surface area contributed by atoms with Crippen LogP contribution in [0.3, 0.4) is 0 Å². The third kappa shape index (κ3) is 3.24. The van der Waals surface area contributed by atoms with Crippen LogP contribution in [0.5, 0.6) is 0 Å². The smallest absolute Gasteiger partial charge is 0.263 e. The van der Waals surface area contributed by atoms with Gasteiger partial charge in [0.25, 0.3) is 10.0 Å².